The van der Waals surface area contributed by atoms with Crippen LogP contribution in [0.3, 0.4) is 0 Å². The van der Waals surface area contributed by atoms with Gasteiger partial charge in [0, 0.05) is 36.7 Å². The Labute approximate surface area is 133 Å². The van der Waals surface area contributed by atoms with E-state index in [2.05, 4.69) is 9.84 Å². The van der Waals surface area contributed by atoms with E-state index in [9.17, 15) is 18.0 Å². The number of halogens is 4. The molecular formula is C13H11ClF3N3O3. The number of nitrogens with zero attached hydrogens (tertiary/aromatic N) is 2. The van der Waals surface area contributed by atoms with Gasteiger partial charge in [-0.1, -0.05) is 6.07 Å². The molecule has 0 aliphatic heterocycles. The third-order valence-electron chi connectivity index (χ3n) is 2.74. The summed E-state index contributed by atoms with van der Waals surface area (Å²) in [5.74, 6) is -1.14. The van der Waals surface area contributed by atoms with Crippen molar-refractivity contribution < 1.29 is 27.4 Å². The second-order valence-corrected chi connectivity index (χ2v) is 4.56. The number of hydrogen-bond donors (Lipinski definition) is 1. The van der Waals surface area contributed by atoms with Crippen molar-refractivity contribution in [3.63, 3.8) is 0 Å². The van der Waals surface area contributed by atoms with Crippen molar-refractivity contribution in [1.29, 1.82) is 0 Å². The van der Waals surface area contributed by atoms with Crippen LogP contribution in [0.1, 0.15) is 15.9 Å². The number of carbonyl (C=O) groups excluding carboxylic acids is 1. The van der Waals surface area contributed by atoms with Gasteiger partial charge in [-0.15, -0.1) is 18.3 Å². The van der Waals surface area contributed by atoms with Crippen LogP contribution in [0.5, 0.6) is 11.6 Å². The highest BCUT2D eigenvalue weighted by Gasteiger charge is 2.33. The number of nitrogens with one attached hydrogen (secondary N) is 1. The number of ether oxygens (including phenoxy) is 2. The molecule has 1 aromatic heterocycles. The van der Waals surface area contributed by atoms with E-state index >= 15 is 0 Å². The molecule has 0 saturated heterocycles. The van der Waals surface area contributed by atoms with Gasteiger partial charge in [0.2, 0.25) is 5.88 Å². The molecular weight excluding hydrogens is 339 g/mol. The Balaban J connectivity index is 2.33. The summed E-state index contributed by atoms with van der Waals surface area (Å²) >= 11 is 5.25. The molecule has 0 fully saturated rings. The van der Waals surface area contributed by atoms with Crippen LogP contribution in [0, 0.1) is 0 Å². The average molecular weight is 350 g/mol. The molecule has 23 heavy (non-hydrogen) atoms. The van der Waals surface area contributed by atoms with E-state index in [0.29, 0.717) is 0 Å². The summed E-state index contributed by atoms with van der Waals surface area (Å²) in [5.41, 5.74) is -0.202. The second kappa shape index (κ2) is 6.78. The van der Waals surface area contributed by atoms with Gasteiger partial charge in [0.05, 0.1) is 5.56 Å². The van der Waals surface area contributed by atoms with Gasteiger partial charge in [0.25, 0.3) is 5.91 Å². The van der Waals surface area contributed by atoms with Gasteiger partial charge in [-0.2, -0.15) is 0 Å². The Bertz CT molecular complexity index is 703. The fourth-order valence-electron chi connectivity index (χ4n) is 1.82. The number of amides is 1. The SMILES string of the molecule is Cn1ccc(OCc2c(OC(F)(F)F)cccc2C(=O)NCl)n1. The van der Waals surface area contributed by atoms with E-state index in [0.717, 1.165) is 6.07 Å². The summed E-state index contributed by atoms with van der Waals surface area (Å²) in [6.07, 6.45) is -3.31. The summed E-state index contributed by atoms with van der Waals surface area (Å²) in [6, 6.07) is 5.15. The number of alkyl halides is 3. The molecule has 0 unspecified atom stereocenters. The van der Waals surface area contributed by atoms with E-state index in [-0.39, 0.29) is 23.6 Å². The van der Waals surface area contributed by atoms with Crippen LogP contribution >= 0.6 is 11.8 Å². The maximum Gasteiger partial charge on any atom is 0.573 e. The van der Waals surface area contributed by atoms with Gasteiger partial charge in [0.1, 0.15) is 12.4 Å². The van der Waals surface area contributed by atoms with Crippen molar-refractivity contribution >= 4 is 17.7 Å². The molecule has 0 spiro atoms. The molecule has 2 aromatic rings. The van der Waals surface area contributed by atoms with Crippen LogP contribution < -0.4 is 14.3 Å². The number of rotatable bonds is 5. The van der Waals surface area contributed by atoms with Gasteiger partial charge >= 0.3 is 6.36 Å². The van der Waals surface area contributed by atoms with Crippen LogP contribution in [0.4, 0.5) is 13.2 Å². The second-order valence-electron chi connectivity index (χ2n) is 4.37. The molecule has 1 aromatic carbocycles. The third-order valence-corrected chi connectivity index (χ3v) is 2.91. The molecule has 6 nitrogen and oxygen atoms in total. The zero-order chi connectivity index (χ0) is 17.0. The highest BCUT2D eigenvalue weighted by Crippen LogP contribution is 2.29. The topological polar surface area (TPSA) is 65.4 Å². The maximum absolute atomic E-state index is 12.5. The van der Waals surface area contributed by atoms with Crippen LogP contribution in [0.15, 0.2) is 30.5 Å². The van der Waals surface area contributed by atoms with Crippen LogP contribution in [0.25, 0.3) is 0 Å². The zero-order valence-electron chi connectivity index (χ0n) is 11.7. The number of aromatic nitrogens is 2. The molecule has 1 N–H and O–H groups in total. The van der Waals surface area contributed by atoms with Crippen molar-refractivity contribution in [3.8, 4) is 11.6 Å². The molecule has 0 bridgehead atoms. The predicted octanol–water partition coefficient (Wildman–Crippen LogP) is 2.78. The van der Waals surface area contributed by atoms with E-state index in [4.69, 9.17) is 16.5 Å². The molecule has 0 atom stereocenters. The highest BCUT2D eigenvalue weighted by molar-refractivity contribution is 6.24. The lowest BCUT2D eigenvalue weighted by Crippen LogP contribution is -2.21. The molecule has 1 amide bonds. The summed E-state index contributed by atoms with van der Waals surface area (Å²) in [4.78, 5) is 13.5. The van der Waals surface area contributed by atoms with Crippen LogP contribution in [-0.4, -0.2) is 22.1 Å². The quantitative estimate of drug-likeness (QED) is 0.843. The summed E-state index contributed by atoms with van der Waals surface area (Å²) < 4.78 is 48.2. The van der Waals surface area contributed by atoms with E-state index in [1.165, 1.54) is 22.9 Å². The predicted molar refractivity (Wildman–Crippen MR) is 74.0 cm³/mol. The van der Waals surface area contributed by atoms with Gasteiger partial charge in [0.15, 0.2) is 0 Å². The number of benzene rings is 1. The first-order chi connectivity index (χ1) is 10.8. The van der Waals surface area contributed by atoms with Crippen molar-refractivity contribution in [1.82, 2.24) is 14.6 Å². The zero-order valence-corrected chi connectivity index (χ0v) is 12.5. The minimum atomic E-state index is -4.91. The number of carbonyl (C=O) groups is 1. The fraction of sp³-hybridized carbons (Fsp3) is 0.231. The van der Waals surface area contributed by atoms with E-state index < -0.39 is 18.0 Å². The first-order valence-corrected chi connectivity index (χ1v) is 6.59. The minimum Gasteiger partial charge on any atom is -0.472 e. The lowest BCUT2D eigenvalue weighted by molar-refractivity contribution is -0.275. The minimum absolute atomic E-state index is 0.0994. The lowest BCUT2D eigenvalue weighted by Gasteiger charge is -2.15. The van der Waals surface area contributed by atoms with Crippen LogP contribution in [-0.2, 0) is 13.7 Å². The molecule has 0 saturated carbocycles. The van der Waals surface area contributed by atoms with Crippen molar-refractivity contribution in [2.45, 2.75) is 13.0 Å². The summed E-state index contributed by atoms with van der Waals surface area (Å²) in [5, 5.41) is 3.93. The van der Waals surface area contributed by atoms with Crippen molar-refractivity contribution in [2.24, 2.45) is 7.05 Å². The Kier molecular flexibility index (Phi) is 4.99. The molecule has 124 valence electrons. The third kappa shape index (κ3) is 4.52. The normalized spacial score (nSPS) is 11.2. The number of aryl methyl sites for hydroxylation is 1. The molecule has 2 rings (SSSR count). The first kappa shape index (κ1) is 16.9. The Hall–Kier alpha value is -2.42. The molecule has 10 heteroatoms. The standard InChI is InChI=1S/C13H11ClF3N3O3/c1-20-6-5-11(19-20)22-7-9-8(12(21)18-14)3-2-4-10(9)23-13(15,16)17/h2-6H,7H2,1H3,(H,18,21). The first-order valence-electron chi connectivity index (χ1n) is 6.21. The van der Waals surface area contributed by atoms with E-state index in [1.807, 2.05) is 4.84 Å². The van der Waals surface area contributed by atoms with Gasteiger partial charge in [-0.05, 0) is 12.1 Å². The smallest absolute Gasteiger partial charge is 0.472 e. The maximum atomic E-state index is 12.5. The molecule has 0 radical (unpaired) electrons. The van der Waals surface area contributed by atoms with Gasteiger partial charge < -0.3 is 9.47 Å². The fourth-order valence-corrected chi connectivity index (χ4v) is 1.92. The highest BCUT2D eigenvalue weighted by atomic mass is 35.5. The van der Waals surface area contributed by atoms with E-state index in [1.54, 1.807) is 13.2 Å². The Morgan fingerprint density at radius 3 is 2.70 bits per heavy atom. The number of hydrogen-bond acceptors (Lipinski definition) is 4. The molecule has 1 heterocycles. The summed E-state index contributed by atoms with van der Waals surface area (Å²) in [7, 11) is 1.65. The Morgan fingerprint density at radius 1 is 1.39 bits per heavy atom. The molecule has 0 aliphatic rings. The van der Waals surface area contributed by atoms with Gasteiger partial charge in [-0.25, -0.2) is 0 Å². The van der Waals surface area contributed by atoms with Crippen molar-refractivity contribution in [2.75, 3.05) is 0 Å². The lowest BCUT2D eigenvalue weighted by atomic mass is 10.1. The summed E-state index contributed by atoms with van der Waals surface area (Å²) in [6.45, 7) is -0.358. The van der Waals surface area contributed by atoms with Gasteiger partial charge in [-0.3, -0.25) is 14.3 Å². The molecule has 0 aliphatic carbocycles. The Morgan fingerprint density at radius 2 is 2.13 bits per heavy atom. The monoisotopic (exact) mass is 349 g/mol. The average Bonchev–Trinajstić information content (AvgIpc) is 2.89. The van der Waals surface area contributed by atoms with Crippen molar-refractivity contribution in [3.05, 3.63) is 41.6 Å². The largest absolute Gasteiger partial charge is 0.573 e. The van der Waals surface area contributed by atoms with Crippen LogP contribution in [0.2, 0.25) is 0 Å².